The van der Waals surface area contributed by atoms with Gasteiger partial charge in [-0.25, -0.2) is 4.39 Å². The Morgan fingerprint density at radius 3 is 2.47 bits per heavy atom. The molecule has 0 aliphatic carbocycles. The zero-order valence-corrected chi connectivity index (χ0v) is 11.7. The van der Waals surface area contributed by atoms with E-state index in [4.69, 9.17) is 0 Å². The minimum Gasteiger partial charge on any atom is -0.310 e. The second-order valence-electron chi connectivity index (χ2n) is 5.15. The van der Waals surface area contributed by atoms with Gasteiger partial charge in [-0.05, 0) is 41.3 Å². The first-order valence-corrected chi connectivity index (χ1v) is 6.65. The van der Waals surface area contributed by atoms with Crippen molar-refractivity contribution in [2.75, 3.05) is 0 Å². The smallest absolute Gasteiger partial charge is 0.123 e. The fourth-order valence-corrected chi connectivity index (χ4v) is 2.16. The van der Waals surface area contributed by atoms with Gasteiger partial charge in [0.05, 0.1) is 0 Å². The van der Waals surface area contributed by atoms with Gasteiger partial charge < -0.3 is 5.32 Å². The molecule has 2 rings (SSSR count). The molecule has 1 N–H and O–H groups in total. The Balaban J connectivity index is 2.42. The Kier molecular flexibility index (Phi) is 4.33. The lowest BCUT2D eigenvalue weighted by molar-refractivity contribution is 0.582. The zero-order valence-electron chi connectivity index (χ0n) is 11.7. The van der Waals surface area contributed by atoms with Crippen LogP contribution in [0.25, 0.3) is 11.1 Å². The first-order valence-electron chi connectivity index (χ1n) is 6.65. The first-order chi connectivity index (χ1) is 9.08. The summed E-state index contributed by atoms with van der Waals surface area (Å²) < 4.78 is 13.5. The van der Waals surface area contributed by atoms with E-state index in [9.17, 15) is 4.39 Å². The number of rotatable bonds is 4. The SMILES string of the molecule is Cc1ccccc1-c1ccc(F)cc1CNC(C)C. The molecule has 0 heterocycles. The lowest BCUT2D eigenvalue weighted by Crippen LogP contribution is -2.22. The lowest BCUT2D eigenvalue weighted by atomic mass is 9.96. The van der Waals surface area contributed by atoms with Gasteiger partial charge in [0.25, 0.3) is 0 Å². The van der Waals surface area contributed by atoms with Crippen LogP contribution in [0, 0.1) is 12.7 Å². The second-order valence-corrected chi connectivity index (χ2v) is 5.15. The summed E-state index contributed by atoms with van der Waals surface area (Å²) >= 11 is 0. The maximum Gasteiger partial charge on any atom is 0.123 e. The number of nitrogens with one attached hydrogen (secondary N) is 1. The molecule has 0 atom stereocenters. The summed E-state index contributed by atoms with van der Waals surface area (Å²) in [6.45, 7) is 6.94. The molecule has 2 aromatic carbocycles. The van der Waals surface area contributed by atoms with Gasteiger partial charge in [0.15, 0.2) is 0 Å². The van der Waals surface area contributed by atoms with Crippen molar-refractivity contribution in [3.05, 3.63) is 59.4 Å². The monoisotopic (exact) mass is 257 g/mol. The predicted molar refractivity (Wildman–Crippen MR) is 78.5 cm³/mol. The van der Waals surface area contributed by atoms with E-state index in [0.717, 1.165) is 11.1 Å². The van der Waals surface area contributed by atoms with Gasteiger partial charge in [-0.3, -0.25) is 0 Å². The van der Waals surface area contributed by atoms with Crippen LogP contribution >= 0.6 is 0 Å². The summed E-state index contributed by atoms with van der Waals surface area (Å²) in [6, 6.07) is 13.6. The van der Waals surface area contributed by atoms with E-state index in [2.05, 4.69) is 38.2 Å². The van der Waals surface area contributed by atoms with Crippen molar-refractivity contribution in [1.29, 1.82) is 0 Å². The maximum absolute atomic E-state index is 13.5. The molecule has 2 aromatic rings. The summed E-state index contributed by atoms with van der Waals surface area (Å²) in [5.41, 5.74) is 4.48. The molecule has 0 aliphatic rings. The Labute approximate surface area is 114 Å². The number of aryl methyl sites for hydroxylation is 1. The Bertz CT molecular complexity index is 561. The lowest BCUT2D eigenvalue weighted by Gasteiger charge is -2.14. The van der Waals surface area contributed by atoms with Crippen LogP contribution in [-0.2, 0) is 6.54 Å². The van der Waals surface area contributed by atoms with Gasteiger partial charge in [0.2, 0.25) is 0 Å². The molecular weight excluding hydrogens is 237 g/mol. The van der Waals surface area contributed by atoms with Crippen LogP contribution in [-0.4, -0.2) is 6.04 Å². The van der Waals surface area contributed by atoms with Crippen molar-refractivity contribution in [3.63, 3.8) is 0 Å². The van der Waals surface area contributed by atoms with E-state index in [1.807, 2.05) is 18.2 Å². The van der Waals surface area contributed by atoms with Gasteiger partial charge >= 0.3 is 0 Å². The molecule has 0 saturated carbocycles. The summed E-state index contributed by atoms with van der Waals surface area (Å²) in [6.07, 6.45) is 0. The van der Waals surface area contributed by atoms with Crippen LogP contribution < -0.4 is 5.32 Å². The quantitative estimate of drug-likeness (QED) is 0.861. The number of hydrogen-bond acceptors (Lipinski definition) is 1. The molecule has 2 heteroatoms. The van der Waals surface area contributed by atoms with Crippen molar-refractivity contribution in [2.45, 2.75) is 33.4 Å². The highest BCUT2D eigenvalue weighted by molar-refractivity contribution is 5.70. The van der Waals surface area contributed by atoms with Gasteiger partial charge in [0.1, 0.15) is 5.82 Å². The zero-order chi connectivity index (χ0) is 13.8. The minimum atomic E-state index is -0.183. The van der Waals surface area contributed by atoms with E-state index in [1.54, 1.807) is 6.07 Å². The van der Waals surface area contributed by atoms with Crippen molar-refractivity contribution in [2.24, 2.45) is 0 Å². The van der Waals surface area contributed by atoms with Gasteiger partial charge in [-0.1, -0.05) is 44.2 Å². The van der Waals surface area contributed by atoms with E-state index in [0.29, 0.717) is 12.6 Å². The highest BCUT2D eigenvalue weighted by atomic mass is 19.1. The Hall–Kier alpha value is -1.67. The topological polar surface area (TPSA) is 12.0 Å². The van der Waals surface area contributed by atoms with Crippen molar-refractivity contribution < 1.29 is 4.39 Å². The predicted octanol–water partition coefficient (Wildman–Crippen LogP) is 4.30. The average molecular weight is 257 g/mol. The highest BCUT2D eigenvalue weighted by Gasteiger charge is 2.09. The van der Waals surface area contributed by atoms with Crippen LogP contribution in [0.3, 0.4) is 0 Å². The van der Waals surface area contributed by atoms with Gasteiger partial charge in [-0.2, -0.15) is 0 Å². The molecular formula is C17H20FN. The molecule has 0 unspecified atom stereocenters. The first kappa shape index (κ1) is 13.8. The van der Waals surface area contributed by atoms with Crippen molar-refractivity contribution in [3.8, 4) is 11.1 Å². The van der Waals surface area contributed by atoms with E-state index < -0.39 is 0 Å². The molecule has 0 radical (unpaired) electrons. The fraction of sp³-hybridized carbons (Fsp3) is 0.294. The van der Waals surface area contributed by atoms with Gasteiger partial charge in [-0.15, -0.1) is 0 Å². The van der Waals surface area contributed by atoms with Crippen LogP contribution in [0.1, 0.15) is 25.0 Å². The molecule has 0 amide bonds. The minimum absolute atomic E-state index is 0.183. The Morgan fingerprint density at radius 1 is 1.05 bits per heavy atom. The van der Waals surface area contributed by atoms with Crippen LogP contribution in [0.5, 0.6) is 0 Å². The van der Waals surface area contributed by atoms with Gasteiger partial charge in [0, 0.05) is 12.6 Å². The third-order valence-corrected chi connectivity index (χ3v) is 3.20. The van der Waals surface area contributed by atoms with E-state index >= 15 is 0 Å². The molecule has 0 fully saturated rings. The fourth-order valence-electron chi connectivity index (χ4n) is 2.16. The standard InChI is InChI=1S/C17H20FN/c1-12(2)19-11-14-10-15(18)8-9-17(14)16-7-5-4-6-13(16)3/h4-10,12,19H,11H2,1-3H3. The van der Waals surface area contributed by atoms with E-state index in [-0.39, 0.29) is 5.82 Å². The Morgan fingerprint density at radius 2 is 1.79 bits per heavy atom. The maximum atomic E-state index is 13.5. The number of benzene rings is 2. The third-order valence-electron chi connectivity index (χ3n) is 3.20. The molecule has 0 aromatic heterocycles. The summed E-state index contributed by atoms with van der Waals surface area (Å²) in [4.78, 5) is 0. The number of halogens is 1. The molecule has 100 valence electrons. The second kappa shape index (κ2) is 5.98. The molecule has 0 aliphatic heterocycles. The molecule has 0 bridgehead atoms. The third kappa shape index (κ3) is 3.42. The van der Waals surface area contributed by atoms with Crippen molar-refractivity contribution >= 4 is 0 Å². The average Bonchev–Trinajstić information content (AvgIpc) is 2.37. The molecule has 0 saturated heterocycles. The van der Waals surface area contributed by atoms with Crippen LogP contribution in [0.4, 0.5) is 4.39 Å². The largest absolute Gasteiger partial charge is 0.310 e. The van der Waals surface area contributed by atoms with E-state index in [1.165, 1.54) is 17.2 Å². The summed E-state index contributed by atoms with van der Waals surface area (Å²) in [5, 5.41) is 3.35. The molecule has 0 spiro atoms. The van der Waals surface area contributed by atoms with Crippen molar-refractivity contribution in [1.82, 2.24) is 5.32 Å². The highest BCUT2D eigenvalue weighted by Crippen LogP contribution is 2.27. The normalized spacial score (nSPS) is 11.0. The molecule has 19 heavy (non-hydrogen) atoms. The number of hydrogen-bond donors (Lipinski definition) is 1. The summed E-state index contributed by atoms with van der Waals surface area (Å²) in [7, 11) is 0. The van der Waals surface area contributed by atoms with Crippen LogP contribution in [0.15, 0.2) is 42.5 Å². The van der Waals surface area contributed by atoms with Crippen LogP contribution in [0.2, 0.25) is 0 Å². The summed E-state index contributed by atoms with van der Waals surface area (Å²) in [5.74, 6) is -0.183. The molecule has 1 nitrogen and oxygen atoms in total.